The molecule has 92 valence electrons. The van der Waals surface area contributed by atoms with Crippen LogP contribution in [0.25, 0.3) is 0 Å². The summed E-state index contributed by atoms with van der Waals surface area (Å²) in [7, 11) is 1.65. The molecular formula is C13H16BrNO2. The third-order valence-corrected chi connectivity index (χ3v) is 3.26. The fourth-order valence-electron chi connectivity index (χ4n) is 1.69. The van der Waals surface area contributed by atoms with Gasteiger partial charge in [-0.3, -0.25) is 0 Å². The zero-order chi connectivity index (χ0) is 12.4. The standard InChI is InChI=1S/C13H16BrNO2/c1-8(2)12-7-17-13(15-12)9-4-10(14)6-11(5-9)16-3/h4-6,8,12H,7H2,1-3H3/t12-/m0/s1. The summed E-state index contributed by atoms with van der Waals surface area (Å²) < 4.78 is 11.8. The van der Waals surface area contributed by atoms with E-state index >= 15 is 0 Å². The van der Waals surface area contributed by atoms with Crippen LogP contribution >= 0.6 is 15.9 Å². The molecular weight excluding hydrogens is 282 g/mol. The topological polar surface area (TPSA) is 30.8 Å². The maximum Gasteiger partial charge on any atom is 0.216 e. The van der Waals surface area contributed by atoms with E-state index in [0.717, 1.165) is 15.8 Å². The van der Waals surface area contributed by atoms with Crippen molar-refractivity contribution in [3.05, 3.63) is 28.2 Å². The van der Waals surface area contributed by atoms with Crippen LogP contribution in [-0.2, 0) is 4.74 Å². The smallest absolute Gasteiger partial charge is 0.216 e. The number of methoxy groups -OCH3 is 1. The maximum absolute atomic E-state index is 5.64. The summed E-state index contributed by atoms with van der Waals surface area (Å²) in [5, 5.41) is 0. The number of benzene rings is 1. The molecule has 0 spiro atoms. The summed E-state index contributed by atoms with van der Waals surface area (Å²) in [5.41, 5.74) is 0.958. The molecule has 4 heteroatoms. The van der Waals surface area contributed by atoms with Gasteiger partial charge in [-0.05, 0) is 24.1 Å². The third-order valence-electron chi connectivity index (χ3n) is 2.80. The van der Waals surface area contributed by atoms with Crippen molar-refractivity contribution >= 4 is 21.8 Å². The molecule has 1 heterocycles. The number of nitrogens with zero attached hydrogens (tertiary/aromatic N) is 1. The van der Waals surface area contributed by atoms with Crippen molar-refractivity contribution in [1.29, 1.82) is 0 Å². The van der Waals surface area contributed by atoms with Gasteiger partial charge in [0, 0.05) is 10.0 Å². The molecule has 2 rings (SSSR count). The van der Waals surface area contributed by atoms with E-state index in [1.54, 1.807) is 7.11 Å². The van der Waals surface area contributed by atoms with Gasteiger partial charge >= 0.3 is 0 Å². The molecule has 0 radical (unpaired) electrons. The van der Waals surface area contributed by atoms with Gasteiger partial charge in [-0.25, -0.2) is 4.99 Å². The minimum atomic E-state index is 0.259. The lowest BCUT2D eigenvalue weighted by Gasteiger charge is -2.06. The van der Waals surface area contributed by atoms with Crippen molar-refractivity contribution in [2.45, 2.75) is 19.9 Å². The number of rotatable bonds is 3. The quantitative estimate of drug-likeness (QED) is 0.857. The van der Waals surface area contributed by atoms with E-state index in [2.05, 4.69) is 34.8 Å². The molecule has 0 aromatic heterocycles. The summed E-state index contributed by atoms with van der Waals surface area (Å²) in [6.45, 7) is 4.98. The molecule has 0 aliphatic carbocycles. The van der Waals surface area contributed by atoms with Gasteiger partial charge in [0.05, 0.1) is 13.2 Å². The highest BCUT2D eigenvalue weighted by molar-refractivity contribution is 9.10. The first-order valence-corrected chi connectivity index (χ1v) is 6.45. The van der Waals surface area contributed by atoms with Crippen LogP contribution < -0.4 is 4.74 Å². The Hall–Kier alpha value is -1.03. The first-order valence-electron chi connectivity index (χ1n) is 5.65. The number of aliphatic imine (C=N–C) groups is 1. The van der Waals surface area contributed by atoms with Crippen molar-refractivity contribution in [3.63, 3.8) is 0 Å². The number of hydrogen-bond donors (Lipinski definition) is 0. The lowest BCUT2D eigenvalue weighted by Crippen LogP contribution is -2.13. The Morgan fingerprint density at radius 1 is 1.41 bits per heavy atom. The maximum atomic E-state index is 5.64. The van der Waals surface area contributed by atoms with Crippen LogP contribution in [0.2, 0.25) is 0 Å². The minimum Gasteiger partial charge on any atom is -0.497 e. The van der Waals surface area contributed by atoms with Crippen LogP contribution in [-0.4, -0.2) is 25.7 Å². The molecule has 0 bridgehead atoms. The van der Waals surface area contributed by atoms with E-state index in [1.807, 2.05) is 18.2 Å². The van der Waals surface area contributed by atoms with Crippen LogP contribution in [0.4, 0.5) is 0 Å². The van der Waals surface area contributed by atoms with Crippen LogP contribution in [0.15, 0.2) is 27.7 Å². The first kappa shape index (κ1) is 12.4. The van der Waals surface area contributed by atoms with Crippen LogP contribution in [0.5, 0.6) is 5.75 Å². The molecule has 0 saturated carbocycles. The second-order valence-electron chi connectivity index (χ2n) is 4.44. The molecule has 0 N–H and O–H groups in total. The molecule has 0 fully saturated rings. The van der Waals surface area contributed by atoms with Crippen LogP contribution in [0, 0.1) is 5.92 Å². The molecule has 3 nitrogen and oxygen atoms in total. The van der Waals surface area contributed by atoms with E-state index in [9.17, 15) is 0 Å². The van der Waals surface area contributed by atoms with Gasteiger partial charge in [-0.15, -0.1) is 0 Å². The van der Waals surface area contributed by atoms with E-state index in [-0.39, 0.29) is 6.04 Å². The van der Waals surface area contributed by atoms with Gasteiger partial charge in [0.2, 0.25) is 5.90 Å². The fraction of sp³-hybridized carbons (Fsp3) is 0.462. The van der Waals surface area contributed by atoms with Gasteiger partial charge in [0.15, 0.2) is 0 Å². The molecule has 0 amide bonds. The summed E-state index contributed by atoms with van der Waals surface area (Å²) >= 11 is 3.45. The third kappa shape index (κ3) is 2.80. The Kier molecular flexibility index (Phi) is 3.72. The molecule has 1 aliphatic rings. The number of halogens is 1. The predicted molar refractivity (Wildman–Crippen MR) is 71.8 cm³/mol. The largest absolute Gasteiger partial charge is 0.497 e. The highest BCUT2D eigenvalue weighted by Gasteiger charge is 2.23. The van der Waals surface area contributed by atoms with Crippen molar-refractivity contribution in [2.24, 2.45) is 10.9 Å². The number of ether oxygens (including phenoxy) is 2. The van der Waals surface area contributed by atoms with Gasteiger partial charge < -0.3 is 9.47 Å². The average molecular weight is 298 g/mol. The highest BCUT2D eigenvalue weighted by atomic mass is 79.9. The Balaban J connectivity index is 2.29. The SMILES string of the molecule is COc1cc(Br)cc(C2=N[C@H](C(C)C)CO2)c1. The van der Waals surface area contributed by atoms with Crippen molar-refractivity contribution in [1.82, 2.24) is 0 Å². The molecule has 1 aromatic rings. The summed E-state index contributed by atoms with van der Waals surface area (Å²) in [6, 6.07) is 6.10. The minimum absolute atomic E-state index is 0.259. The van der Waals surface area contributed by atoms with Gasteiger partial charge in [-0.1, -0.05) is 29.8 Å². The van der Waals surface area contributed by atoms with Crippen molar-refractivity contribution in [2.75, 3.05) is 13.7 Å². The van der Waals surface area contributed by atoms with Gasteiger partial charge in [-0.2, -0.15) is 0 Å². The Morgan fingerprint density at radius 3 is 2.76 bits per heavy atom. The highest BCUT2D eigenvalue weighted by Crippen LogP contribution is 2.24. The zero-order valence-corrected chi connectivity index (χ0v) is 11.8. The predicted octanol–water partition coefficient (Wildman–Crippen LogP) is 3.26. The van der Waals surface area contributed by atoms with Gasteiger partial charge in [0.25, 0.3) is 0 Å². The van der Waals surface area contributed by atoms with E-state index in [4.69, 9.17) is 9.47 Å². The monoisotopic (exact) mass is 297 g/mol. The molecule has 17 heavy (non-hydrogen) atoms. The normalized spacial score (nSPS) is 19.1. The van der Waals surface area contributed by atoms with Crippen molar-refractivity contribution in [3.8, 4) is 5.75 Å². The number of hydrogen-bond acceptors (Lipinski definition) is 3. The Labute approximate surface area is 110 Å². The molecule has 0 saturated heterocycles. The summed E-state index contributed by atoms with van der Waals surface area (Å²) in [6.07, 6.45) is 0. The Bertz CT molecular complexity index is 443. The molecule has 0 unspecified atom stereocenters. The first-order chi connectivity index (χ1) is 8.10. The molecule has 1 aliphatic heterocycles. The second kappa shape index (κ2) is 5.08. The van der Waals surface area contributed by atoms with E-state index < -0.39 is 0 Å². The molecule has 1 aromatic carbocycles. The lowest BCUT2D eigenvalue weighted by molar-refractivity contribution is 0.291. The lowest BCUT2D eigenvalue weighted by atomic mass is 10.1. The summed E-state index contributed by atoms with van der Waals surface area (Å²) in [4.78, 5) is 4.59. The zero-order valence-electron chi connectivity index (χ0n) is 10.2. The second-order valence-corrected chi connectivity index (χ2v) is 5.35. The summed E-state index contributed by atoms with van der Waals surface area (Å²) in [5.74, 6) is 2.01. The average Bonchev–Trinajstić information content (AvgIpc) is 2.77. The van der Waals surface area contributed by atoms with Crippen LogP contribution in [0.3, 0.4) is 0 Å². The van der Waals surface area contributed by atoms with Crippen LogP contribution in [0.1, 0.15) is 19.4 Å². The van der Waals surface area contributed by atoms with E-state index in [1.165, 1.54) is 0 Å². The van der Waals surface area contributed by atoms with Gasteiger partial charge in [0.1, 0.15) is 12.4 Å². The van der Waals surface area contributed by atoms with E-state index in [0.29, 0.717) is 18.4 Å². The fourth-order valence-corrected chi connectivity index (χ4v) is 2.17. The Morgan fingerprint density at radius 2 is 2.18 bits per heavy atom. The molecule has 1 atom stereocenters. The van der Waals surface area contributed by atoms with Crippen molar-refractivity contribution < 1.29 is 9.47 Å².